The summed E-state index contributed by atoms with van der Waals surface area (Å²) in [5.41, 5.74) is 14.3. The van der Waals surface area contributed by atoms with Crippen molar-refractivity contribution in [2.45, 2.75) is 0 Å². The highest BCUT2D eigenvalue weighted by atomic mass is 15.0. The van der Waals surface area contributed by atoms with Crippen LogP contribution in [0.3, 0.4) is 0 Å². The van der Waals surface area contributed by atoms with E-state index in [-0.39, 0.29) is 0 Å². The Bertz CT molecular complexity index is 3890. The second kappa shape index (κ2) is 14.5. The Balaban J connectivity index is 0.968. The van der Waals surface area contributed by atoms with Crippen LogP contribution in [0, 0.1) is 0 Å². The monoisotopic (exact) mass is 814 g/mol. The van der Waals surface area contributed by atoms with E-state index in [9.17, 15) is 0 Å². The van der Waals surface area contributed by atoms with Crippen LogP contribution in [0.15, 0.2) is 231 Å². The SMILES string of the molecule is c1ccc(-c2cc(-c3ccc(-n4c5ccccc5c5cc(-c6ccc7c(c6)c6ccccc6n7-c6cccc7ccccc67)ccc54)c4ccccc34)nc(-c3ccccc3)n2)cc1. The first-order chi connectivity index (χ1) is 31.7. The predicted octanol–water partition coefficient (Wildman–Crippen LogP) is 15.6. The maximum Gasteiger partial charge on any atom is 0.160 e. The molecule has 0 amide bonds. The van der Waals surface area contributed by atoms with Gasteiger partial charge in [0.2, 0.25) is 0 Å². The van der Waals surface area contributed by atoms with Gasteiger partial charge in [-0.05, 0) is 76.5 Å². The van der Waals surface area contributed by atoms with Crippen LogP contribution < -0.4 is 0 Å². The second-order valence-electron chi connectivity index (χ2n) is 16.5. The number of nitrogens with zero attached hydrogens (tertiary/aromatic N) is 4. The Labute approximate surface area is 369 Å². The van der Waals surface area contributed by atoms with Gasteiger partial charge < -0.3 is 9.13 Å². The summed E-state index contributed by atoms with van der Waals surface area (Å²) in [6.07, 6.45) is 0. The standard InChI is InChI=1S/C60H38N4/c1-3-17-40(18-4-1)52-38-53(62-60(61-52)41-19-5-2-6-20-41)46-32-35-57(47-24-10-9-23-45(46)47)64-56-28-14-12-26-49(56)51-37-43(31-34-59(51)64)42-30-33-58-50(36-42)48-25-11-13-27-55(48)63(58)54-29-15-21-39-16-7-8-22-44(39)54/h1-38H. The van der Waals surface area contributed by atoms with E-state index < -0.39 is 0 Å². The fourth-order valence-corrected chi connectivity index (χ4v) is 9.99. The van der Waals surface area contributed by atoms with E-state index in [0.29, 0.717) is 5.82 Å². The first kappa shape index (κ1) is 36.1. The minimum Gasteiger partial charge on any atom is -0.309 e. The minimum absolute atomic E-state index is 0.707. The van der Waals surface area contributed by atoms with Crippen LogP contribution in [0.5, 0.6) is 0 Å². The Kier molecular flexibility index (Phi) is 8.18. The topological polar surface area (TPSA) is 35.6 Å². The maximum absolute atomic E-state index is 5.23. The summed E-state index contributed by atoms with van der Waals surface area (Å²) in [5, 5.41) is 9.69. The molecule has 0 unspecified atom stereocenters. The molecule has 0 aliphatic carbocycles. The molecule has 0 aliphatic rings. The van der Waals surface area contributed by atoms with E-state index in [1.807, 2.05) is 24.3 Å². The fraction of sp³-hybridized carbons (Fsp3) is 0. The zero-order valence-corrected chi connectivity index (χ0v) is 34.7. The highest BCUT2D eigenvalue weighted by molar-refractivity contribution is 6.14. The molecule has 298 valence electrons. The summed E-state index contributed by atoms with van der Waals surface area (Å²) < 4.78 is 4.87. The van der Waals surface area contributed by atoms with Crippen LogP contribution in [0.4, 0.5) is 0 Å². The quantitative estimate of drug-likeness (QED) is 0.168. The third kappa shape index (κ3) is 5.70. The minimum atomic E-state index is 0.707. The number of benzene rings is 10. The van der Waals surface area contributed by atoms with Gasteiger partial charge in [-0.2, -0.15) is 0 Å². The molecule has 0 saturated heterocycles. The molecule has 10 aromatic carbocycles. The Morgan fingerprint density at radius 3 is 1.41 bits per heavy atom. The highest BCUT2D eigenvalue weighted by Gasteiger charge is 2.20. The summed E-state index contributed by atoms with van der Waals surface area (Å²) >= 11 is 0. The lowest BCUT2D eigenvalue weighted by atomic mass is 9.98. The third-order valence-corrected chi connectivity index (χ3v) is 12.9. The van der Waals surface area contributed by atoms with Crippen molar-refractivity contribution in [3.05, 3.63) is 231 Å². The van der Waals surface area contributed by atoms with Gasteiger partial charge >= 0.3 is 0 Å². The lowest BCUT2D eigenvalue weighted by Gasteiger charge is -2.16. The number of fused-ring (bicyclic) bond motifs is 8. The average Bonchev–Trinajstić information content (AvgIpc) is 3.88. The number of hydrogen-bond acceptors (Lipinski definition) is 2. The molecule has 64 heavy (non-hydrogen) atoms. The van der Waals surface area contributed by atoms with Crippen LogP contribution in [0.2, 0.25) is 0 Å². The van der Waals surface area contributed by atoms with Crippen LogP contribution in [0.1, 0.15) is 0 Å². The molecule has 3 aromatic heterocycles. The Hall–Kier alpha value is -8.60. The normalized spacial score (nSPS) is 11.8. The summed E-state index contributed by atoms with van der Waals surface area (Å²) in [6, 6.07) is 82.8. The molecule has 0 aliphatic heterocycles. The van der Waals surface area contributed by atoms with E-state index in [1.165, 1.54) is 65.7 Å². The number of rotatable bonds is 6. The molecule has 0 fully saturated rings. The number of hydrogen-bond donors (Lipinski definition) is 0. The van der Waals surface area contributed by atoms with E-state index in [1.54, 1.807) is 0 Å². The third-order valence-electron chi connectivity index (χ3n) is 12.9. The first-order valence-corrected chi connectivity index (χ1v) is 21.8. The second-order valence-corrected chi connectivity index (χ2v) is 16.5. The van der Waals surface area contributed by atoms with Gasteiger partial charge in [0.25, 0.3) is 0 Å². The van der Waals surface area contributed by atoms with Crippen molar-refractivity contribution in [1.82, 2.24) is 19.1 Å². The molecule has 0 spiro atoms. The van der Waals surface area contributed by atoms with Gasteiger partial charge in [-0.15, -0.1) is 0 Å². The summed E-state index contributed by atoms with van der Waals surface area (Å²) in [4.78, 5) is 10.3. The van der Waals surface area contributed by atoms with Crippen LogP contribution in [-0.4, -0.2) is 19.1 Å². The van der Waals surface area contributed by atoms with Gasteiger partial charge in [-0.3, -0.25) is 0 Å². The molecular formula is C60H38N4. The van der Waals surface area contributed by atoms with E-state index in [0.717, 1.165) is 50.1 Å². The summed E-state index contributed by atoms with van der Waals surface area (Å²) in [6.45, 7) is 0. The van der Waals surface area contributed by atoms with Crippen molar-refractivity contribution in [3.8, 4) is 56.4 Å². The van der Waals surface area contributed by atoms with Gasteiger partial charge in [-0.1, -0.05) is 176 Å². The first-order valence-electron chi connectivity index (χ1n) is 21.8. The molecule has 0 atom stereocenters. The van der Waals surface area contributed by atoms with E-state index >= 15 is 0 Å². The van der Waals surface area contributed by atoms with Gasteiger partial charge in [0, 0.05) is 49.0 Å². The van der Waals surface area contributed by atoms with Gasteiger partial charge in [-0.25, -0.2) is 9.97 Å². The number of aromatic nitrogens is 4. The largest absolute Gasteiger partial charge is 0.309 e. The molecular weight excluding hydrogens is 777 g/mol. The molecule has 13 rings (SSSR count). The van der Waals surface area contributed by atoms with E-state index in [2.05, 4.69) is 215 Å². The smallest absolute Gasteiger partial charge is 0.160 e. The van der Waals surface area contributed by atoms with Crippen LogP contribution in [-0.2, 0) is 0 Å². The predicted molar refractivity (Wildman–Crippen MR) is 267 cm³/mol. The van der Waals surface area contributed by atoms with Crippen molar-refractivity contribution in [2.75, 3.05) is 0 Å². The average molecular weight is 815 g/mol. The zero-order chi connectivity index (χ0) is 42.1. The Morgan fingerprint density at radius 1 is 0.266 bits per heavy atom. The molecule has 4 heteroatoms. The van der Waals surface area contributed by atoms with Crippen molar-refractivity contribution in [1.29, 1.82) is 0 Å². The van der Waals surface area contributed by atoms with Gasteiger partial charge in [0.1, 0.15) is 0 Å². The zero-order valence-electron chi connectivity index (χ0n) is 34.7. The summed E-state index contributed by atoms with van der Waals surface area (Å²) in [5.74, 6) is 0.707. The lowest BCUT2D eigenvalue weighted by Crippen LogP contribution is -1.99. The Morgan fingerprint density at radius 2 is 0.750 bits per heavy atom. The lowest BCUT2D eigenvalue weighted by molar-refractivity contribution is 1.18. The van der Waals surface area contributed by atoms with Crippen molar-refractivity contribution >= 4 is 65.2 Å². The maximum atomic E-state index is 5.23. The van der Waals surface area contributed by atoms with Crippen LogP contribution in [0.25, 0.3) is 122 Å². The van der Waals surface area contributed by atoms with E-state index in [4.69, 9.17) is 9.97 Å². The van der Waals surface area contributed by atoms with Crippen molar-refractivity contribution in [3.63, 3.8) is 0 Å². The number of para-hydroxylation sites is 2. The molecule has 0 saturated carbocycles. The molecule has 4 nitrogen and oxygen atoms in total. The molecule has 0 N–H and O–H groups in total. The molecule has 3 heterocycles. The highest BCUT2D eigenvalue weighted by Crippen LogP contribution is 2.41. The molecule has 13 aromatic rings. The van der Waals surface area contributed by atoms with Crippen LogP contribution >= 0.6 is 0 Å². The van der Waals surface area contributed by atoms with Gasteiger partial charge in [0.15, 0.2) is 5.82 Å². The molecule has 0 radical (unpaired) electrons. The summed E-state index contributed by atoms with van der Waals surface area (Å²) in [7, 11) is 0. The molecule has 0 bridgehead atoms. The van der Waals surface area contributed by atoms with Crippen molar-refractivity contribution in [2.24, 2.45) is 0 Å². The van der Waals surface area contributed by atoms with Crippen molar-refractivity contribution < 1.29 is 0 Å². The fourth-order valence-electron chi connectivity index (χ4n) is 9.99. The van der Waals surface area contributed by atoms with Gasteiger partial charge in [0.05, 0.1) is 44.8 Å².